The summed E-state index contributed by atoms with van der Waals surface area (Å²) in [6.45, 7) is 2.96. The van der Waals surface area contributed by atoms with Crippen molar-refractivity contribution in [2.24, 2.45) is 0 Å². The van der Waals surface area contributed by atoms with E-state index >= 15 is 0 Å². The van der Waals surface area contributed by atoms with E-state index in [1.54, 1.807) is 12.4 Å². The lowest BCUT2D eigenvalue weighted by Crippen LogP contribution is -1.98. The Balaban J connectivity index is 2.07. The molecule has 1 aromatic rings. The molecule has 0 aromatic carbocycles. The molecule has 3 heteroatoms. The van der Waals surface area contributed by atoms with Crippen LogP contribution in [0.4, 0.5) is 0 Å². The van der Waals surface area contributed by atoms with Gasteiger partial charge in [-0.1, -0.05) is 6.92 Å². The molecule has 1 rings (SSSR count). The first-order chi connectivity index (χ1) is 6.43. The average molecular weight is 197 g/mol. The Morgan fingerprint density at radius 2 is 2.46 bits per heavy atom. The topological polar surface area (TPSA) is 22.1 Å². The van der Waals surface area contributed by atoms with Crippen LogP contribution in [0.15, 0.2) is 24.5 Å². The molecule has 0 bridgehead atoms. The van der Waals surface area contributed by atoms with E-state index in [0.29, 0.717) is 0 Å². The summed E-state index contributed by atoms with van der Waals surface area (Å²) in [6, 6.07) is 3.82. The minimum absolute atomic E-state index is 0.790. The molecular formula is C10H15NOS. The average Bonchev–Trinajstić information content (AvgIpc) is 2.19. The van der Waals surface area contributed by atoms with Gasteiger partial charge in [0, 0.05) is 6.20 Å². The van der Waals surface area contributed by atoms with E-state index in [0.717, 1.165) is 18.8 Å². The highest BCUT2D eigenvalue weighted by molar-refractivity contribution is 7.99. The standard InChI is InChI=1S/C10H15NOS/c1-2-13-8-4-7-12-10-5-3-6-11-9-10/h3,5-6,9H,2,4,7-8H2,1H3. The van der Waals surface area contributed by atoms with Crippen molar-refractivity contribution >= 4 is 11.8 Å². The molecule has 0 atom stereocenters. The number of rotatable bonds is 6. The number of aromatic nitrogens is 1. The van der Waals surface area contributed by atoms with Gasteiger partial charge in [0.2, 0.25) is 0 Å². The van der Waals surface area contributed by atoms with Gasteiger partial charge in [0.05, 0.1) is 12.8 Å². The summed E-state index contributed by atoms with van der Waals surface area (Å²) < 4.78 is 5.48. The molecule has 0 saturated carbocycles. The fourth-order valence-electron chi connectivity index (χ4n) is 0.928. The minimum Gasteiger partial charge on any atom is -0.492 e. The molecule has 0 saturated heterocycles. The number of hydrogen-bond donors (Lipinski definition) is 0. The number of ether oxygens (including phenoxy) is 1. The normalized spacial score (nSPS) is 9.92. The van der Waals surface area contributed by atoms with Gasteiger partial charge in [-0.3, -0.25) is 4.98 Å². The van der Waals surface area contributed by atoms with E-state index in [1.165, 1.54) is 11.5 Å². The van der Waals surface area contributed by atoms with Crippen LogP contribution < -0.4 is 4.74 Å². The van der Waals surface area contributed by atoms with Gasteiger partial charge < -0.3 is 4.74 Å². The summed E-state index contributed by atoms with van der Waals surface area (Å²) in [7, 11) is 0. The second kappa shape index (κ2) is 6.78. The van der Waals surface area contributed by atoms with E-state index in [9.17, 15) is 0 Å². The summed E-state index contributed by atoms with van der Waals surface area (Å²) in [6.07, 6.45) is 4.60. The third-order valence-corrected chi connectivity index (χ3v) is 2.53. The zero-order valence-corrected chi connectivity index (χ0v) is 8.72. The highest BCUT2D eigenvalue weighted by atomic mass is 32.2. The van der Waals surface area contributed by atoms with E-state index in [4.69, 9.17) is 4.74 Å². The maximum absolute atomic E-state index is 5.48. The van der Waals surface area contributed by atoms with Gasteiger partial charge in [-0.05, 0) is 30.1 Å². The summed E-state index contributed by atoms with van der Waals surface area (Å²) in [5, 5.41) is 0. The Hall–Kier alpha value is -0.700. The summed E-state index contributed by atoms with van der Waals surface area (Å²) in [5.41, 5.74) is 0. The zero-order chi connectivity index (χ0) is 9.36. The molecule has 13 heavy (non-hydrogen) atoms. The molecule has 0 N–H and O–H groups in total. The number of thioether (sulfide) groups is 1. The van der Waals surface area contributed by atoms with Crippen molar-refractivity contribution < 1.29 is 4.74 Å². The quantitative estimate of drug-likeness (QED) is 0.654. The van der Waals surface area contributed by atoms with Crippen LogP contribution in [0.25, 0.3) is 0 Å². The zero-order valence-electron chi connectivity index (χ0n) is 7.90. The molecule has 0 amide bonds. The smallest absolute Gasteiger partial charge is 0.137 e. The molecule has 0 fully saturated rings. The van der Waals surface area contributed by atoms with Gasteiger partial charge >= 0.3 is 0 Å². The lowest BCUT2D eigenvalue weighted by Gasteiger charge is -2.04. The van der Waals surface area contributed by atoms with E-state index in [-0.39, 0.29) is 0 Å². The van der Waals surface area contributed by atoms with Gasteiger partial charge in [0.15, 0.2) is 0 Å². The van der Waals surface area contributed by atoms with Crippen LogP contribution in [0.1, 0.15) is 13.3 Å². The Labute approximate surface area is 83.7 Å². The molecule has 1 aromatic heterocycles. The molecule has 0 spiro atoms. The molecule has 0 aliphatic heterocycles. The summed E-state index contributed by atoms with van der Waals surface area (Å²) in [5.74, 6) is 3.23. The molecule has 1 heterocycles. The van der Waals surface area contributed by atoms with Crippen molar-refractivity contribution in [3.05, 3.63) is 24.5 Å². The second-order valence-corrected chi connectivity index (χ2v) is 3.98. The van der Waals surface area contributed by atoms with E-state index < -0.39 is 0 Å². The first kappa shape index (κ1) is 10.4. The monoisotopic (exact) mass is 197 g/mol. The van der Waals surface area contributed by atoms with Crippen molar-refractivity contribution in [3.63, 3.8) is 0 Å². The highest BCUT2D eigenvalue weighted by Crippen LogP contribution is 2.07. The minimum atomic E-state index is 0.790. The van der Waals surface area contributed by atoms with Crippen molar-refractivity contribution in [1.29, 1.82) is 0 Å². The fourth-order valence-corrected chi connectivity index (χ4v) is 1.54. The molecule has 0 unspecified atom stereocenters. The maximum atomic E-state index is 5.48. The van der Waals surface area contributed by atoms with Crippen molar-refractivity contribution in [3.8, 4) is 5.75 Å². The Morgan fingerprint density at radius 3 is 3.15 bits per heavy atom. The van der Waals surface area contributed by atoms with Crippen LogP contribution in [-0.2, 0) is 0 Å². The Morgan fingerprint density at radius 1 is 1.54 bits per heavy atom. The van der Waals surface area contributed by atoms with E-state index in [2.05, 4.69) is 11.9 Å². The van der Waals surface area contributed by atoms with Crippen molar-refractivity contribution in [2.45, 2.75) is 13.3 Å². The number of nitrogens with zero attached hydrogens (tertiary/aromatic N) is 1. The van der Waals surface area contributed by atoms with Crippen molar-refractivity contribution in [1.82, 2.24) is 4.98 Å². The molecule has 0 aliphatic rings. The van der Waals surface area contributed by atoms with Crippen LogP contribution >= 0.6 is 11.8 Å². The Kier molecular flexibility index (Phi) is 5.41. The molecule has 0 radical (unpaired) electrons. The predicted octanol–water partition coefficient (Wildman–Crippen LogP) is 2.60. The summed E-state index contributed by atoms with van der Waals surface area (Å²) >= 11 is 1.95. The lowest BCUT2D eigenvalue weighted by molar-refractivity contribution is 0.317. The first-order valence-electron chi connectivity index (χ1n) is 4.54. The maximum Gasteiger partial charge on any atom is 0.137 e. The molecule has 72 valence electrons. The van der Waals surface area contributed by atoms with Crippen molar-refractivity contribution in [2.75, 3.05) is 18.1 Å². The summed E-state index contributed by atoms with van der Waals surface area (Å²) in [4.78, 5) is 3.97. The highest BCUT2D eigenvalue weighted by Gasteiger charge is 1.91. The third kappa shape index (κ3) is 4.78. The van der Waals surface area contributed by atoms with Gasteiger partial charge in [-0.15, -0.1) is 0 Å². The molecule has 0 aliphatic carbocycles. The number of hydrogen-bond acceptors (Lipinski definition) is 3. The number of pyridine rings is 1. The second-order valence-electron chi connectivity index (χ2n) is 2.59. The fraction of sp³-hybridized carbons (Fsp3) is 0.500. The largest absolute Gasteiger partial charge is 0.492 e. The van der Waals surface area contributed by atoms with Gasteiger partial charge in [-0.2, -0.15) is 11.8 Å². The van der Waals surface area contributed by atoms with Crippen LogP contribution in [0.5, 0.6) is 5.75 Å². The van der Waals surface area contributed by atoms with Gasteiger partial charge in [0.1, 0.15) is 5.75 Å². The van der Waals surface area contributed by atoms with Gasteiger partial charge in [-0.25, -0.2) is 0 Å². The van der Waals surface area contributed by atoms with E-state index in [1.807, 2.05) is 23.9 Å². The predicted molar refractivity (Wildman–Crippen MR) is 57.3 cm³/mol. The van der Waals surface area contributed by atoms with Crippen LogP contribution in [0.2, 0.25) is 0 Å². The first-order valence-corrected chi connectivity index (χ1v) is 5.69. The van der Waals surface area contributed by atoms with Gasteiger partial charge in [0.25, 0.3) is 0 Å². The van der Waals surface area contributed by atoms with Crippen LogP contribution in [0.3, 0.4) is 0 Å². The van der Waals surface area contributed by atoms with Crippen LogP contribution in [0, 0.1) is 0 Å². The SMILES string of the molecule is CCSCCCOc1cccnc1. The van der Waals surface area contributed by atoms with Crippen LogP contribution in [-0.4, -0.2) is 23.1 Å². The third-order valence-electron chi connectivity index (χ3n) is 1.54. The molecular weight excluding hydrogens is 182 g/mol. The lowest BCUT2D eigenvalue weighted by atomic mass is 10.4. The molecule has 2 nitrogen and oxygen atoms in total. The Bertz CT molecular complexity index is 215.